The molecule has 106 valence electrons. The third kappa shape index (κ3) is 2.84. The molecule has 0 aliphatic carbocycles. The molecule has 3 aromatic rings. The number of hydrogen-bond donors (Lipinski definition) is 1. The summed E-state index contributed by atoms with van der Waals surface area (Å²) >= 11 is 6.15. The molecular weight excluding hydrogens is 286 g/mol. The van der Waals surface area contributed by atoms with Crippen LogP contribution in [0.25, 0.3) is 10.9 Å². The van der Waals surface area contributed by atoms with E-state index in [0.717, 1.165) is 10.9 Å². The van der Waals surface area contributed by atoms with Gasteiger partial charge in [0.25, 0.3) is 0 Å². The van der Waals surface area contributed by atoms with E-state index in [9.17, 15) is 5.11 Å². The van der Waals surface area contributed by atoms with Crippen molar-refractivity contribution in [2.45, 2.75) is 13.0 Å². The van der Waals surface area contributed by atoms with E-state index < -0.39 is 6.10 Å². The maximum Gasteiger partial charge on any atom is 0.153 e. The molecule has 2 aromatic carbocycles. The van der Waals surface area contributed by atoms with Crippen molar-refractivity contribution in [3.05, 3.63) is 65.3 Å². The Morgan fingerprint density at radius 2 is 1.95 bits per heavy atom. The van der Waals surface area contributed by atoms with Crippen molar-refractivity contribution in [2.24, 2.45) is 0 Å². The number of nitrogens with zero attached hydrogens (tertiary/aromatic N) is 1. The minimum atomic E-state index is -0.606. The fourth-order valence-corrected chi connectivity index (χ4v) is 2.52. The van der Waals surface area contributed by atoms with Gasteiger partial charge in [-0.3, -0.25) is 4.98 Å². The molecule has 0 bridgehead atoms. The molecule has 1 heterocycles. The zero-order valence-electron chi connectivity index (χ0n) is 11.5. The summed E-state index contributed by atoms with van der Waals surface area (Å²) in [5.41, 5.74) is 1.48. The predicted molar refractivity (Wildman–Crippen MR) is 83.9 cm³/mol. The highest BCUT2D eigenvalue weighted by Crippen LogP contribution is 2.32. The van der Waals surface area contributed by atoms with Crippen LogP contribution in [0.3, 0.4) is 0 Å². The van der Waals surface area contributed by atoms with E-state index in [-0.39, 0.29) is 0 Å². The van der Waals surface area contributed by atoms with Gasteiger partial charge in [-0.25, -0.2) is 0 Å². The minimum absolute atomic E-state index is 0.482. The quantitative estimate of drug-likeness (QED) is 0.760. The lowest BCUT2D eigenvalue weighted by atomic mass is 10.1. The lowest BCUT2D eigenvalue weighted by molar-refractivity contribution is 0.199. The number of fused-ring (bicyclic) bond motifs is 1. The molecule has 0 saturated heterocycles. The molecule has 0 aliphatic heterocycles. The third-order valence-electron chi connectivity index (χ3n) is 3.25. The van der Waals surface area contributed by atoms with Gasteiger partial charge in [0.1, 0.15) is 11.3 Å². The number of aliphatic hydroxyl groups is 1. The van der Waals surface area contributed by atoms with E-state index in [1.54, 1.807) is 31.3 Å². The Bertz CT molecular complexity index is 781. The third-order valence-corrected chi connectivity index (χ3v) is 3.57. The average Bonchev–Trinajstić information content (AvgIpc) is 2.47. The smallest absolute Gasteiger partial charge is 0.153 e. The first-order valence-corrected chi connectivity index (χ1v) is 7.02. The molecule has 1 aromatic heterocycles. The van der Waals surface area contributed by atoms with E-state index in [0.29, 0.717) is 22.1 Å². The molecule has 0 amide bonds. The van der Waals surface area contributed by atoms with Gasteiger partial charge in [-0.05, 0) is 36.8 Å². The summed E-state index contributed by atoms with van der Waals surface area (Å²) in [6, 6.07) is 14.9. The van der Waals surface area contributed by atoms with Crippen LogP contribution in [0.15, 0.2) is 54.7 Å². The molecule has 1 atom stereocenters. The van der Waals surface area contributed by atoms with Crippen LogP contribution in [0.5, 0.6) is 11.5 Å². The van der Waals surface area contributed by atoms with Gasteiger partial charge in [-0.2, -0.15) is 0 Å². The van der Waals surface area contributed by atoms with Gasteiger partial charge in [0.15, 0.2) is 5.75 Å². The summed E-state index contributed by atoms with van der Waals surface area (Å²) in [5.74, 6) is 1.29. The van der Waals surface area contributed by atoms with E-state index in [4.69, 9.17) is 16.3 Å². The van der Waals surface area contributed by atoms with Crippen molar-refractivity contribution >= 4 is 22.5 Å². The topological polar surface area (TPSA) is 42.4 Å². The van der Waals surface area contributed by atoms with Gasteiger partial charge < -0.3 is 9.84 Å². The highest BCUT2D eigenvalue weighted by atomic mass is 35.5. The number of pyridine rings is 1. The van der Waals surface area contributed by atoms with Gasteiger partial charge in [0.05, 0.1) is 11.1 Å². The van der Waals surface area contributed by atoms with Crippen molar-refractivity contribution in [3.8, 4) is 11.5 Å². The molecule has 4 heteroatoms. The van der Waals surface area contributed by atoms with Crippen molar-refractivity contribution in [3.63, 3.8) is 0 Å². The molecule has 0 saturated carbocycles. The van der Waals surface area contributed by atoms with Crippen LogP contribution >= 0.6 is 11.6 Å². The first kappa shape index (κ1) is 13.9. The first-order valence-electron chi connectivity index (χ1n) is 6.64. The Labute approximate surface area is 127 Å². The van der Waals surface area contributed by atoms with Gasteiger partial charge in [-0.15, -0.1) is 0 Å². The largest absolute Gasteiger partial charge is 0.455 e. The second-order valence-corrected chi connectivity index (χ2v) is 5.20. The number of ether oxygens (including phenoxy) is 1. The molecular formula is C17H14ClNO2. The highest BCUT2D eigenvalue weighted by Gasteiger charge is 2.09. The normalized spacial score (nSPS) is 12.3. The number of rotatable bonds is 3. The Kier molecular flexibility index (Phi) is 3.78. The second kappa shape index (κ2) is 5.72. The number of aliphatic hydroxyl groups excluding tert-OH is 1. The zero-order valence-corrected chi connectivity index (χ0v) is 12.2. The van der Waals surface area contributed by atoms with Crippen molar-refractivity contribution < 1.29 is 9.84 Å². The molecule has 3 rings (SSSR count). The van der Waals surface area contributed by atoms with Crippen molar-refractivity contribution in [2.75, 3.05) is 0 Å². The van der Waals surface area contributed by atoms with Gasteiger partial charge in [0, 0.05) is 11.6 Å². The van der Waals surface area contributed by atoms with Crippen LogP contribution in [0.1, 0.15) is 18.6 Å². The van der Waals surface area contributed by atoms with Crippen LogP contribution in [0.2, 0.25) is 5.02 Å². The molecule has 0 aliphatic rings. The molecule has 0 spiro atoms. The summed E-state index contributed by atoms with van der Waals surface area (Å²) in [4.78, 5) is 4.35. The van der Waals surface area contributed by atoms with Crippen LogP contribution < -0.4 is 4.74 Å². The van der Waals surface area contributed by atoms with E-state index in [1.165, 1.54) is 0 Å². The fraction of sp³-hybridized carbons (Fsp3) is 0.118. The summed E-state index contributed by atoms with van der Waals surface area (Å²) in [5, 5.41) is 11.1. The SMILES string of the molecule is CC(O)c1ccc(Oc2cccc3cccnc23)cc1Cl. The van der Waals surface area contributed by atoms with E-state index in [2.05, 4.69) is 4.98 Å². The number of aromatic nitrogens is 1. The first-order chi connectivity index (χ1) is 10.1. The molecule has 1 unspecified atom stereocenters. The lowest BCUT2D eigenvalue weighted by Gasteiger charge is -2.11. The number of hydrogen-bond acceptors (Lipinski definition) is 3. The van der Waals surface area contributed by atoms with Crippen LogP contribution in [-0.2, 0) is 0 Å². The fourth-order valence-electron chi connectivity index (χ4n) is 2.20. The monoisotopic (exact) mass is 299 g/mol. The van der Waals surface area contributed by atoms with Crippen LogP contribution in [-0.4, -0.2) is 10.1 Å². The highest BCUT2D eigenvalue weighted by molar-refractivity contribution is 6.31. The van der Waals surface area contributed by atoms with Crippen LogP contribution in [0.4, 0.5) is 0 Å². The summed E-state index contributed by atoms with van der Waals surface area (Å²) in [7, 11) is 0. The summed E-state index contributed by atoms with van der Waals surface area (Å²) < 4.78 is 5.88. The molecule has 21 heavy (non-hydrogen) atoms. The number of benzene rings is 2. The second-order valence-electron chi connectivity index (χ2n) is 4.79. The molecule has 1 N–H and O–H groups in total. The van der Waals surface area contributed by atoms with Crippen molar-refractivity contribution in [1.29, 1.82) is 0 Å². The van der Waals surface area contributed by atoms with Gasteiger partial charge >= 0.3 is 0 Å². The number of halogens is 1. The Morgan fingerprint density at radius 1 is 1.14 bits per heavy atom. The maximum atomic E-state index is 9.59. The Morgan fingerprint density at radius 3 is 2.71 bits per heavy atom. The molecule has 0 radical (unpaired) electrons. The van der Waals surface area contributed by atoms with Gasteiger partial charge in [0.2, 0.25) is 0 Å². The van der Waals surface area contributed by atoms with E-state index in [1.807, 2.05) is 30.3 Å². The lowest BCUT2D eigenvalue weighted by Crippen LogP contribution is -1.93. The van der Waals surface area contributed by atoms with Crippen molar-refractivity contribution in [1.82, 2.24) is 4.98 Å². The van der Waals surface area contributed by atoms with E-state index >= 15 is 0 Å². The zero-order chi connectivity index (χ0) is 14.8. The van der Waals surface area contributed by atoms with Gasteiger partial charge in [-0.1, -0.05) is 35.9 Å². The maximum absolute atomic E-state index is 9.59. The summed E-state index contributed by atoms with van der Waals surface area (Å²) in [6.45, 7) is 1.68. The Balaban J connectivity index is 1.97. The minimum Gasteiger partial charge on any atom is -0.455 e. The summed E-state index contributed by atoms with van der Waals surface area (Å²) in [6.07, 6.45) is 1.13. The van der Waals surface area contributed by atoms with Crippen LogP contribution in [0, 0.1) is 0 Å². The predicted octanol–water partition coefficient (Wildman–Crippen LogP) is 4.73. The standard InChI is InChI=1S/C17H14ClNO2/c1-11(20)14-8-7-13(10-15(14)18)21-16-6-2-4-12-5-3-9-19-17(12)16/h2-11,20H,1H3. The number of para-hydroxylation sites is 1. The molecule has 0 fully saturated rings. The molecule has 3 nitrogen and oxygen atoms in total. The average molecular weight is 300 g/mol. The Hall–Kier alpha value is -2.10.